The quantitative estimate of drug-likeness (QED) is 0.137. The Hall–Kier alpha value is -4.53. The van der Waals surface area contributed by atoms with Gasteiger partial charge in [-0.15, -0.1) is 0 Å². The maximum Gasteiger partial charge on any atom is 0.325 e. The number of ether oxygens (including phenoxy) is 1. The zero-order chi connectivity index (χ0) is 32.0. The second-order valence-corrected chi connectivity index (χ2v) is 12.1. The molecule has 1 amide bonds. The summed E-state index contributed by atoms with van der Waals surface area (Å²) in [6.07, 6.45) is 5.38. The number of carbonyl (C=O) groups is 2. The Morgan fingerprint density at radius 3 is 2.47 bits per heavy atom. The Morgan fingerprint density at radius 1 is 1.13 bits per heavy atom. The fourth-order valence-electron chi connectivity index (χ4n) is 5.14. The number of pyridine rings is 1. The molecule has 0 bridgehead atoms. The number of aryl methyl sites for hydroxylation is 4. The third-order valence-electron chi connectivity index (χ3n) is 7.07. The van der Waals surface area contributed by atoms with E-state index in [1.165, 1.54) is 6.20 Å². The highest BCUT2D eigenvalue weighted by molar-refractivity contribution is 7.89. The lowest BCUT2D eigenvalue weighted by atomic mass is 10.1. The molecule has 4 rings (SSSR count). The molecule has 0 aliphatic heterocycles. The summed E-state index contributed by atoms with van der Waals surface area (Å²) in [6, 6.07) is 7.31. The summed E-state index contributed by atoms with van der Waals surface area (Å²) < 4.78 is 35.6. The van der Waals surface area contributed by atoms with E-state index >= 15 is 0 Å². The van der Waals surface area contributed by atoms with Crippen molar-refractivity contribution < 1.29 is 22.7 Å². The molecule has 0 fully saturated rings. The van der Waals surface area contributed by atoms with Crippen LogP contribution in [0.3, 0.4) is 0 Å². The number of aromatic nitrogens is 3. The molecule has 2 aromatic heterocycles. The number of esters is 1. The summed E-state index contributed by atoms with van der Waals surface area (Å²) in [4.78, 5) is 46.5. The highest BCUT2D eigenvalue weighted by Crippen LogP contribution is 2.22. The SMILES string of the molecule is C.COC(=O)[C@H](CNC(=O)c1cn(CCCN)c2cc(CNc3ncc[nH]3)ccc2c1=O)NS(=O)(=O)c1c(C)cc(C)cc1C. The topological polar surface area (TPSA) is 190 Å². The minimum atomic E-state index is -4.17. The Labute approximate surface area is 262 Å². The van der Waals surface area contributed by atoms with Crippen molar-refractivity contribution in [1.29, 1.82) is 0 Å². The first kappa shape index (κ1) is 35.0. The standard InChI is InChI=1S/C30H37N7O6S.CH4/c1-18-12-19(2)27(20(3)13-18)44(41,42)36-24(29(40)43-4)16-34-28(39)23-17-37(11-5-8-31)25-14-21(6-7-22(25)26(23)38)15-35-30-32-9-10-33-30;/h6-7,9-10,12-14,17,24,36H,5,8,11,15-16,31H2,1-4H3,(H,34,39)(H2,32,33,35);1H4/t24-;/m0./s1. The number of carbonyl (C=O) groups excluding carboxylic acids is 2. The molecular weight excluding hydrogens is 598 g/mol. The highest BCUT2D eigenvalue weighted by Gasteiger charge is 2.29. The van der Waals surface area contributed by atoms with E-state index < -0.39 is 39.9 Å². The summed E-state index contributed by atoms with van der Waals surface area (Å²) >= 11 is 0. The number of hydrogen-bond donors (Lipinski definition) is 5. The normalized spacial score (nSPS) is 11.9. The number of anilines is 1. The van der Waals surface area contributed by atoms with Crippen molar-refractivity contribution >= 4 is 38.8 Å². The van der Waals surface area contributed by atoms with Gasteiger partial charge in [0.1, 0.15) is 11.6 Å². The number of nitrogens with one attached hydrogen (secondary N) is 4. The number of imidazole rings is 1. The van der Waals surface area contributed by atoms with E-state index in [9.17, 15) is 22.8 Å². The fourth-order valence-corrected chi connectivity index (χ4v) is 6.78. The van der Waals surface area contributed by atoms with E-state index in [0.717, 1.165) is 18.2 Å². The van der Waals surface area contributed by atoms with E-state index in [2.05, 4.69) is 25.3 Å². The van der Waals surface area contributed by atoms with E-state index in [-0.39, 0.29) is 17.9 Å². The van der Waals surface area contributed by atoms with E-state index in [0.29, 0.717) is 54.0 Å². The minimum absolute atomic E-state index is 0. The molecule has 2 aromatic carbocycles. The first-order valence-corrected chi connectivity index (χ1v) is 15.5. The number of sulfonamides is 1. The van der Waals surface area contributed by atoms with Crippen molar-refractivity contribution in [2.45, 2.75) is 58.6 Å². The van der Waals surface area contributed by atoms with Crippen LogP contribution in [-0.4, -0.2) is 61.1 Å². The van der Waals surface area contributed by atoms with Crippen LogP contribution in [0.2, 0.25) is 0 Å². The summed E-state index contributed by atoms with van der Waals surface area (Å²) in [5.41, 5.74) is 8.51. The van der Waals surface area contributed by atoms with Gasteiger partial charge in [-0.3, -0.25) is 14.4 Å². The third-order valence-corrected chi connectivity index (χ3v) is 8.85. The predicted molar refractivity (Wildman–Crippen MR) is 174 cm³/mol. The van der Waals surface area contributed by atoms with Gasteiger partial charge >= 0.3 is 5.97 Å². The second kappa shape index (κ2) is 15.0. The largest absolute Gasteiger partial charge is 0.468 e. The molecule has 0 aliphatic rings. The van der Waals surface area contributed by atoms with Gasteiger partial charge in [0.25, 0.3) is 5.91 Å². The molecule has 0 radical (unpaired) electrons. The summed E-state index contributed by atoms with van der Waals surface area (Å²) in [6.45, 7) is 6.02. The molecule has 14 heteroatoms. The number of fused-ring (bicyclic) bond motifs is 1. The molecule has 0 unspecified atom stereocenters. The Bertz CT molecular complexity index is 1810. The Kier molecular flexibility index (Phi) is 11.6. The van der Waals surface area contributed by atoms with Gasteiger partial charge in [0.05, 0.1) is 17.5 Å². The lowest BCUT2D eigenvalue weighted by Gasteiger charge is -2.20. The van der Waals surface area contributed by atoms with Gasteiger partial charge in [-0.1, -0.05) is 31.2 Å². The number of nitrogens with zero attached hydrogens (tertiary/aromatic N) is 2. The van der Waals surface area contributed by atoms with Gasteiger partial charge in [-0.25, -0.2) is 13.4 Å². The Morgan fingerprint density at radius 2 is 1.84 bits per heavy atom. The minimum Gasteiger partial charge on any atom is -0.468 e. The monoisotopic (exact) mass is 639 g/mol. The van der Waals surface area contributed by atoms with Gasteiger partial charge in [-0.2, -0.15) is 4.72 Å². The molecule has 1 atom stereocenters. The maximum atomic E-state index is 13.5. The number of amides is 1. The van der Waals surface area contributed by atoms with Gasteiger partial charge in [-0.05, 0) is 62.6 Å². The van der Waals surface area contributed by atoms with Crippen LogP contribution in [0.4, 0.5) is 5.95 Å². The summed E-state index contributed by atoms with van der Waals surface area (Å²) in [7, 11) is -3.06. The molecule has 6 N–H and O–H groups in total. The average molecular weight is 640 g/mol. The molecule has 2 heterocycles. The van der Waals surface area contributed by atoms with E-state index in [1.54, 1.807) is 55.1 Å². The van der Waals surface area contributed by atoms with Gasteiger partial charge in [0, 0.05) is 43.6 Å². The number of aromatic amines is 1. The molecule has 13 nitrogen and oxygen atoms in total. The number of H-pyrrole nitrogens is 1. The van der Waals surface area contributed by atoms with E-state index in [1.807, 2.05) is 13.0 Å². The van der Waals surface area contributed by atoms with Crippen LogP contribution in [0, 0.1) is 20.8 Å². The molecule has 0 spiro atoms. The van der Waals surface area contributed by atoms with Crippen LogP contribution in [0.15, 0.2) is 58.6 Å². The van der Waals surface area contributed by atoms with Crippen molar-refractivity contribution in [2.75, 3.05) is 25.5 Å². The molecule has 242 valence electrons. The van der Waals surface area contributed by atoms with Crippen LogP contribution < -0.4 is 26.5 Å². The zero-order valence-electron chi connectivity index (χ0n) is 25.1. The molecule has 4 aromatic rings. The predicted octanol–water partition coefficient (Wildman–Crippen LogP) is 2.50. The van der Waals surface area contributed by atoms with Crippen LogP contribution >= 0.6 is 0 Å². The summed E-state index contributed by atoms with van der Waals surface area (Å²) in [5.74, 6) is -1.06. The van der Waals surface area contributed by atoms with Crippen molar-refractivity contribution in [3.05, 3.63) is 87.0 Å². The fraction of sp³-hybridized carbons (Fsp3) is 0.355. The average Bonchev–Trinajstić information content (AvgIpc) is 3.50. The smallest absolute Gasteiger partial charge is 0.325 e. The molecule has 0 saturated carbocycles. The number of nitrogens with two attached hydrogens (primary N) is 1. The maximum absolute atomic E-state index is 13.5. The van der Waals surface area contributed by atoms with Crippen LogP contribution in [0.1, 0.15) is 46.5 Å². The second-order valence-electron chi connectivity index (χ2n) is 10.5. The van der Waals surface area contributed by atoms with Crippen LogP contribution in [0.5, 0.6) is 0 Å². The van der Waals surface area contributed by atoms with Gasteiger partial charge in [0.15, 0.2) is 5.95 Å². The summed E-state index contributed by atoms with van der Waals surface area (Å²) in [5, 5.41) is 6.03. The van der Waals surface area contributed by atoms with Crippen LogP contribution in [-0.2, 0) is 32.6 Å². The van der Waals surface area contributed by atoms with Gasteiger partial charge < -0.3 is 30.7 Å². The van der Waals surface area contributed by atoms with Crippen molar-refractivity contribution in [3.63, 3.8) is 0 Å². The number of benzene rings is 2. The lowest BCUT2D eigenvalue weighted by Crippen LogP contribution is -2.49. The highest BCUT2D eigenvalue weighted by atomic mass is 32.2. The number of hydrogen-bond acceptors (Lipinski definition) is 9. The number of methoxy groups -OCH3 is 1. The Balaban J connectivity index is 0.00000552. The van der Waals surface area contributed by atoms with Crippen molar-refractivity contribution in [2.24, 2.45) is 5.73 Å². The van der Waals surface area contributed by atoms with Crippen molar-refractivity contribution in [1.82, 2.24) is 24.6 Å². The first-order valence-electron chi connectivity index (χ1n) is 14.0. The van der Waals surface area contributed by atoms with Gasteiger partial charge in [0.2, 0.25) is 15.5 Å². The molecule has 0 saturated heterocycles. The zero-order valence-corrected chi connectivity index (χ0v) is 25.9. The molecule has 0 aliphatic carbocycles. The molecular formula is C31H41N7O6S. The third kappa shape index (κ3) is 8.15. The van der Waals surface area contributed by atoms with Crippen LogP contribution in [0.25, 0.3) is 10.9 Å². The first-order chi connectivity index (χ1) is 20.9. The number of rotatable bonds is 13. The van der Waals surface area contributed by atoms with Crippen molar-refractivity contribution in [3.8, 4) is 0 Å². The lowest BCUT2D eigenvalue weighted by molar-refractivity contribution is -0.142. The molecule has 45 heavy (non-hydrogen) atoms. The van der Waals surface area contributed by atoms with E-state index in [4.69, 9.17) is 10.5 Å².